The molecule has 1 saturated carbocycles. The lowest BCUT2D eigenvalue weighted by molar-refractivity contribution is 0.0558. The van der Waals surface area contributed by atoms with Gasteiger partial charge in [-0.2, -0.15) is 0 Å². The smallest absolute Gasteiger partial charge is 0.129 e. The molecule has 0 spiro atoms. The maximum Gasteiger partial charge on any atom is 0.129 e. The van der Waals surface area contributed by atoms with E-state index >= 15 is 0 Å². The second-order valence-electron chi connectivity index (χ2n) is 6.36. The fraction of sp³-hybridized carbons (Fsp3) is 0.688. The van der Waals surface area contributed by atoms with Crippen molar-refractivity contribution in [2.75, 3.05) is 18.5 Å². The molecule has 1 aromatic rings. The van der Waals surface area contributed by atoms with Gasteiger partial charge in [-0.25, -0.2) is 4.98 Å². The van der Waals surface area contributed by atoms with Crippen LogP contribution in [0.3, 0.4) is 0 Å². The van der Waals surface area contributed by atoms with Gasteiger partial charge in [-0.3, -0.25) is 0 Å². The average Bonchev–Trinajstić information content (AvgIpc) is 2.84. The van der Waals surface area contributed by atoms with E-state index in [1.807, 2.05) is 24.1 Å². The van der Waals surface area contributed by atoms with Crippen LogP contribution in [0.4, 0.5) is 5.82 Å². The minimum Gasteiger partial charge on any atom is -0.392 e. The number of aromatic nitrogens is 1. The van der Waals surface area contributed by atoms with Crippen LogP contribution >= 0.6 is 0 Å². The minimum atomic E-state index is -0.580. The molecule has 0 bridgehead atoms. The van der Waals surface area contributed by atoms with Crippen LogP contribution in [0, 0.1) is 0 Å². The first-order valence-corrected chi connectivity index (χ1v) is 7.49. The zero-order chi connectivity index (χ0) is 14.8. The maximum atomic E-state index is 10.5. The lowest BCUT2D eigenvalue weighted by atomic mass is 10.0. The minimum absolute atomic E-state index is 0.0212. The van der Waals surface area contributed by atoms with E-state index in [-0.39, 0.29) is 6.61 Å². The number of nitrogens with zero attached hydrogens (tertiary/aromatic N) is 2. The Hall–Kier alpha value is -1.13. The van der Waals surface area contributed by atoms with Crippen molar-refractivity contribution in [3.8, 4) is 0 Å². The summed E-state index contributed by atoms with van der Waals surface area (Å²) in [5.74, 6) is 1.16. The highest BCUT2D eigenvalue weighted by molar-refractivity contribution is 5.43. The second kappa shape index (κ2) is 6.10. The molecule has 1 fully saturated rings. The molecule has 1 aliphatic carbocycles. The molecule has 1 heterocycles. The molecule has 2 N–H and O–H groups in total. The third-order valence-corrected chi connectivity index (χ3v) is 4.12. The van der Waals surface area contributed by atoms with E-state index in [0.717, 1.165) is 42.8 Å². The molecule has 4 nitrogen and oxygen atoms in total. The summed E-state index contributed by atoms with van der Waals surface area (Å²) in [6.45, 7) is 4.81. The highest BCUT2D eigenvalue weighted by Crippen LogP contribution is 2.31. The first-order chi connectivity index (χ1) is 9.43. The molecule has 0 radical (unpaired) electrons. The Labute approximate surface area is 121 Å². The van der Waals surface area contributed by atoms with Crippen molar-refractivity contribution >= 4 is 5.82 Å². The molecule has 0 atom stereocenters. The number of hydrogen-bond donors (Lipinski definition) is 2. The van der Waals surface area contributed by atoms with Crippen LogP contribution in [0.25, 0.3) is 0 Å². The largest absolute Gasteiger partial charge is 0.392 e. The molecule has 112 valence electrons. The number of likely N-dealkylation sites (N-methyl/N-ethyl adjacent to an activating group) is 1. The Kier molecular flexibility index (Phi) is 4.66. The Morgan fingerprint density at radius 3 is 2.50 bits per heavy atom. The SMILES string of the molecule is CC(C)c1cc(CO)cc(N(C)CC2(O)CCCC2)n1. The van der Waals surface area contributed by atoms with Gasteiger partial charge >= 0.3 is 0 Å². The summed E-state index contributed by atoms with van der Waals surface area (Å²) in [6, 6.07) is 3.86. The quantitative estimate of drug-likeness (QED) is 0.868. The summed E-state index contributed by atoms with van der Waals surface area (Å²) < 4.78 is 0. The summed E-state index contributed by atoms with van der Waals surface area (Å²) in [7, 11) is 1.96. The van der Waals surface area contributed by atoms with Gasteiger partial charge in [0.15, 0.2) is 0 Å². The molecule has 0 saturated heterocycles. The van der Waals surface area contributed by atoms with Crippen molar-refractivity contribution in [1.29, 1.82) is 0 Å². The summed E-state index contributed by atoms with van der Waals surface area (Å²) in [4.78, 5) is 6.67. The van der Waals surface area contributed by atoms with Crippen LogP contribution in [0.15, 0.2) is 12.1 Å². The average molecular weight is 278 g/mol. The summed E-state index contributed by atoms with van der Waals surface area (Å²) in [6.07, 6.45) is 3.94. The Bertz CT molecular complexity index is 454. The van der Waals surface area contributed by atoms with E-state index in [1.165, 1.54) is 0 Å². The third kappa shape index (κ3) is 3.49. The number of anilines is 1. The maximum absolute atomic E-state index is 10.5. The Balaban J connectivity index is 2.19. The first kappa shape index (κ1) is 15.3. The topological polar surface area (TPSA) is 56.6 Å². The highest BCUT2D eigenvalue weighted by atomic mass is 16.3. The number of hydrogen-bond acceptors (Lipinski definition) is 4. The lowest BCUT2D eigenvalue weighted by Crippen LogP contribution is -2.39. The van der Waals surface area contributed by atoms with Gasteiger partial charge in [0.1, 0.15) is 5.82 Å². The van der Waals surface area contributed by atoms with Gasteiger partial charge in [0, 0.05) is 19.3 Å². The van der Waals surface area contributed by atoms with Gasteiger partial charge in [0.2, 0.25) is 0 Å². The monoisotopic (exact) mass is 278 g/mol. The van der Waals surface area contributed by atoms with E-state index in [9.17, 15) is 10.2 Å². The normalized spacial score (nSPS) is 17.7. The molecule has 1 aromatic heterocycles. The van der Waals surface area contributed by atoms with Crippen LogP contribution < -0.4 is 4.90 Å². The van der Waals surface area contributed by atoms with E-state index in [4.69, 9.17) is 0 Å². The summed E-state index contributed by atoms with van der Waals surface area (Å²) in [5, 5.41) is 19.9. The van der Waals surface area contributed by atoms with Crippen molar-refractivity contribution in [3.63, 3.8) is 0 Å². The van der Waals surface area contributed by atoms with Gasteiger partial charge in [-0.15, -0.1) is 0 Å². The van der Waals surface area contributed by atoms with E-state index in [2.05, 4.69) is 18.8 Å². The van der Waals surface area contributed by atoms with Crippen LogP contribution in [0.5, 0.6) is 0 Å². The molecule has 0 amide bonds. The molecule has 2 rings (SSSR count). The standard InChI is InChI=1S/C16H26N2O2/c1-12(2)14-8-13(10-19)9-15(17-14)18(3)11-16(20)6-4-5-7-16/h8-9,12,19-20H,4-7,10-11H2,1-3H3. The fourth-order valence-electron chi connectivity index (χ4n) is 2.89. The van der Waals surface area contributed by atoms with Crippen molar-refractivity contribution in [3.05, 3.63) is 23.4 Å². The molecule has 4 heteroatoms. The van der Waals surface area contributed by atoms with Gasteiger partial charge in [0.05, 0.1) is 12.2 Å². The number of rotatable bonds is 5. The summed E-state index contributed by atoms with van der Waals surface area (Å²) in [5.41, 5.74) is 1.28. The van der Waals surface area contributed by atoms with Crippen molar-refractivity contribution in [2.24, 2.45) is 0 Å². The number of aliphatic hydroxyl groups is 2. The number of aliphatic hydroxyl groups excluding tert-OH is 1. The van der Waals surface area contributed by atoms with Gasteiger partial charge in [-0.1, -0.05) is 26.7 Å². The van der Waals surface area contributed by atoms with Crippen molar-refractivity contribution in [2.45, 2.75) is 57.7 Å². The summed E-state index contributed by atoms with van der Waals surface area (Å²) >= 11 is 0. The molecule has 20 heavy (non-hydrogen) atoms. The third-order valence-electron chi connectivity index (χ3n) is 4.12. The van der Waals surface area contributed by atoms with Crippen LogP contribution in [-0.4, -0.2) is 34.4 Å². The van der Waals surface area contributed by atoms with Crippen LogP contribution in [-0.2, 0) is 6.61 Å². The van der Waals surface area contributed by atoms with Crippen molar-refractivity contribution < 1.29 is 10.2 Å². The number of pyridine rings is 1. The molecule has 1 aliphatic rings. The highest BCUT2D eigenvalue weighted by Gasteiger charge is 2.32. The van der Waals surface area contributed by atoms with Crippen LogP contribution in [0.1, 0.15) is 56.7 Å². The zero-order valence-electron chi connectivity index (χ0n) is 12.8. The van der Waals surface area contributed by atoms with Crippen molar-refractivity contribution in [1.82, 2.24) is 4.98 Å². The fourth-order valence-corrected chi connectivity index (χ4v) is 2.89. The first-order valence-electron chi connectivity index (χ1n) is 7.49. The van der Waals surface area contributed by atoms with Crippen LogP contribution in [0.2, 0.25) is 0 Å². The van der Waals surface area contributed by atoms with Gasteiger partial charge in [-0.05, 0) is 36.5 Å². The van der Waals surface area contributed by atoms with Gasteiger partial charge < -0.3 is 15.1 Å². The second-order valence-corrected chi connectivity index (χ2v) is 6.36. The van der Waals surface area contributed by atoms with Gasteiger partial charge in [0.25, 0.3) is 0 Å². The Morgan fingerprint density at radius 1 is 1.30 bits per heavy atom. The Morgan fingerprint density at radius 2 is 1.95 bits per heavy atom. The molecule has 0 aliphatic heterocycles. The zero-order valence-corrected chi connectivity index (χ0v) is 12.8. The molecular weight excluding hydrogens is 252 g/mol. The predicted molar refractivity (Wildman–Crippen MR) is 80.9 cm³/mol. The van der Waals surface area contributed by atoms with E-state index in [0.29, 0.717) is 12.5 Å². The molecular formula is C16H26N2O2. The molecule has 0 aromatic carbocycles. The van der Waals surface area contributed by atoms with E-state index < -0.39 is 5.60 Å². The lowest BCUT2D eigenvalue weighted by Gasteiger charge is -2.30. The molecule has 0 unspecified atom stereocenters. The predicted octanol–water partition coefficient (Wildman–Crippen LogP) is 2.44. The van der Waals surface area contributed by atoms with E-state index in [1.54, 1.807) is 0 Å².